The summed E-state index contributed by atoms with van der Waals surface area (Å²) in [5.74, 6) is 2.99. The van der Waals surface area contributed by atoms with Crippen molar-refractivity contribution in [3.8, 4) is 33.8 Å². The van der Waals surface area contributed by atoms with Gasteiger partial charge >= 0.3 is 308 Å². The fraction of sp³-hybridized carbons (Fsp3) is 0.455. The molecule has 4 aromatic carbocycles. The fourth-order valence-electron chi connectivity index (χ4n) is 7.48. The van der Waals surface area contributed by atoms with Crippen molar-refractivity contribution in [1.82, 2.24) is 0 Å². The molecule has 0 spiro atoms. The number of rotatable bonds is 6. The van der Waals surface area contributed by atoms with Crippen LogP contribution in [0.25, 0.3) is 22.3 Å². The molecule has 1 fully saturated rings. The predicted octanol–water partition coefficient (Wildman–Crippen LogP) is 12.9. The molecule has 1 aliphatic heterocycles. The maximum absolute atomic E-state index is 12.0. The zero-order chi connectivity index (χ0) is 35.1. The molecule has 1 heterocycles. The number of hydrogen-bond acceptors (Lipinski definition) is 2. The van der Waals surface area contributed by atoms with E-state index in [9.17, 15) is 10.2 Å². The van der Waals surface area contributed by atoms with E-state index in [-0.39, 0.29) is 26.3 Å². The molecule has 260 valence electrons. The quantitative estimate of drug-likeness (QED) is 0.194. The zero-order valence-electron chi connectivity index (χ0n) is 31.0. The SMILES string of the molecule is Cc1cccc(-c2cc(C(C)(C)C)cc(C[S]3=[Ti]=[S](Cc4cc(C(C)(C)C)cc(-c5cccc(C)c5)c4O)[C@H]4CCCCCCC43)c2O)c1. The van der Waals surface area contributed by atoms with Gasteiger partial charge in [-0.25, -0.2) is 0 Å². The molecule has 2 nitrogen and oxygen atoms in total. The molecular weight excluding hydrogens is 672 g/mol. The molecule has 0 aromatic heterocycles. The summed E-state index contributed by atoms with van der Waals surface area (Å²) in [5.41, 5.74) is 11.5. The summed E-state index contributed by atoms with van der Waals surface area (Å²) in [6, 6.07) is 26.4. The molecule has 0 radical (unpaired) electrons. The van der Waals surface area contributed by atoms with E-state index in [0.29, 0.717) is 27.4 Å². The minimum absolute atomic E-state index is 0.00620. The minimum atomic E-state index is -0.311. The van der Waals surface area contributed by atoms with Crippen molar-refractivity contribution in [3.63, 3.8) is 0 Å². The van der Waals surface area contributed by atoms with E-state index in [2.05, 4.69) is 128 Å². The summed E-state index contributed by atoms with van der Waals surface area (Å²) < 4.78 is 0. The van der Waals surface area contributed by atoms with Crippen LogP contribution in [-0.2, 0) is 37.8 Å². The third kappa shape index (κ3) is 8.35. The number of phenols is 2. The Bertz CT molecular complexity index is 1800. The number of fused-ring (bicyclic) bond motifs is 1. The summed E-state index contributed by atoms with van der Waals surface area (Å²) in [5, 5.41) is 25.4. The Kier molecular flexibility index (Phi) is 11.1. The van der Waals surface area contributed by atoms with Gasteiger partial charge < -0.3 is 0 Å². The van der Waals surface area contributed by atoms with E-state index in [1.54, 1.807) is 0 Å². The van der Waals surface area contributed by atoms with Gasteiger partial charge in [-0.1, -0.05) is 0 Å². The molecule has 0 amide bonds. The molecule has 5 heteroatoms. The number of phenolic OH excluding ortho intramolecular Hbond substituents is 2. The molecule has 2 aliphatic rings. The number of benzene rings is 4. The average Bonchev–Trinajstić information content (AvgIpc) is 3.31. The molecule has 0 bridgehead atoms. The van der Waals surface area contributed by atoms with Gasteiger partial charge in [-0.3, -0.25) is 0 Å². The Balaban J connectivity index is 1.47. The monoisotopic (exact) mass is 728 g/mol. The fourth-order valence-corrected chi connectivity index (χ4v) is 28.3. The van der Waals surface area contributed by atoms with Crippen LogP contribution in [0.2, 0.25) is 0 Å². The van der Waals surface area contributed by atoms with Crippen LogP contribution in [0.15, 0.2) is 72.8 Å². The maximum atomic E-state index is 12.0. The van der Waals surface area contributed by atoms with Crippen molar-refractivity contribution >= 4 is 15.9 Å². The molecule has 4 aromatic rings. The Morgan fingerprint density at radius 2 is 1.00 bits per heavy atom. The van der Waals surface area contributed by atoms with E-state index >= 15 is 0 Å². The summed E-state index contributed by atoms with van der Waals surface area (Å²) >= 11 is -0.311. The molecular formula is C44H56O2S2Ti. The van der Waals surface area contributed by atoms with Gasteiger partial charge in [-0.05, 0) is 0 Å². The molecule has 3 unspecified atom stereocenters. The Labute approximate surface area is 306 Å². The average molecular weight is 729 g/mol. The topological polar surface area (TPSA) is 40.5 Å². The van der Waals surface area contributed by atoms with Crippen molar-refractivity contribution in [2.24, 2.45) is 0 Å². The van der Waals surface area contributed by atoms with Crippen molar-refractivity contribution in [2.75, 3.05) is 0 Å². The second-order valence-corrected chi connectivity index (χ2v) is 28.0. The van der Waals surface area contributed by atoms with Crippen LogP contribution in [0.4, 0.5) is 0 Å². The van der Waals surface area contributed by atoms with Crippen LogP contribution < -0.4 is 0 Å². The normalized spacial score (nSPS) is 21.3. The van der Waals surface area contributed by atoms with Crippen LogP contribution in [-0.4, -0.2) is 20.7 Å². The summed E-state index contributed by atoms with van der Waals surface area (Å²) in [6.07, 6.45) is 8.02. The summed E-state index contributed by atoms with van der Waals surface area (Å²) in [7, 11) is 0.581. The molecule has 49 heavy (non-hydrogen) atoms. The van der Waals surface area contributed by atoms with Gasteiger partial charge in [-0.15, -0.1) is 0 Å². The third-order valence-corrected chi connectivity index (χ3v) is 26.4. The van der Waals surface area contributed by atoms with Crippen LogP contribution >= 0.6 is 15.9 Å². The van der Waals surface area contributed by atoms with Gasteiger partial charge in [0.05, 0.1) is 0 Å². The zero-order valence-corrected chi connectivity index (χ0v) is 34.1. The van der Waals surface area contributed by atoms with Crippen LogP contribution in [0.1, 0.15) is 113 Å². The van der Waals surface area contributed by atoms with E-state index in [1.807, 2.05) is 0 Å². The third-order valence-electron chi connectivity index (χ3n) is 10.5. The number of aromatic hydroxyl groups is 2. The first-order chi connectivity index (χ1) is 23.2. The van der Waals surface area contributed by atoms with Crippen molar-refractivity contribution in [1.29, 1.82) is 0 Å². The first-order valence-electron chi connectivity index (χ1n) is 18.2. The van der Waals surface area contributed by atoms with Gasteiger partial charge in [0.2, 0.25) is 0 Å². The second kappa shape index (κ2) is 14.9. The van der Waals surface area contributed by atoms with E-state index in [0.717, 1.165) is 55.4 Å². The van der Waals surface area contributed by atoms with Crippen molar-refractivity contribution in [3.05, 3.63) is 106 Å². The van der Waals surface area contributed by atoms with Crippen LogP contribution in [0.3, 0.4) is 0 Å². The van der Waals surface area contributed by atoms with E-state index in [4.69, 9.17) is 0 Å². The van der Waals surface area contributed by atoms with Gasteiger partial charge in [0.1, 0.15) is 0 Å². The molecule has 1 saturated carbocycles. The Morgan fingerprint density at radius 3 is 1.37 bits per heavy atom. The Morgan fingerprint density at radius 1 is 0.592 bits per heavy atom. The van der Waals surface area contributed by atoms with Crippen LogP contribution in [0, 0.1) is 13.8 Å². The predicted molar refractivity (Wildman–Crippen MR) is 212 cm³/mol. The van der Waals surface area contributed by atoms with E-state index in [1.165, 1.54) is 60.8 Å². The van der Waals surface area contributed by atoms with Gasteiger partial charge in [0.25, 0.3) is 0 Å². The first-order valence-corrected chi connectivity index (χ1v) is 25.0. The van der Waals surface area contributed by atoms with Crippen molar-refractivity contribution < 1.29 is 25.7 Å². The molecule has 4 atom stereocenters. The van der Waals surface area contributed by atoms with Gasteiger partial charge in [0.15, 0.2) is 0 Å². The molecule has 6 rings (SSSR count). The van der Waals surface area contributed by atoms with E-state index < -0.39 is 0 Å². The Hall–Kier alpha value is -2.11. The molecule has 1 aliphatic carbocycles. The van der Waals surface area contributed by atoms with Crippen LogP contribution in [0.5, 0.6) is 11.5 Å². The number of aryl methyl sites for hydroxylation is 2. The van der Waals surface area contributed by atoms with Gasteiger partial charge in [-0.2, -0.15) is 0 Å². The standard InChI is InChI=1S/C44H56O2S2.Ti/c1-29-15-13-17-31(21-29)37-25-35(43(3,4)5)23-33(41(37)45)27-47-39-19-11-9-10-12-20-40(39)48-28-34-24-36(44(6,7)8)26-38(42(34)46)32-18-14-16-30(2)22-32;/h13-18,21-26,39-40,45-46H,9-12,19-20,27-28H2,1-8H3;/t39-,40?;/m0./s1. The first kappa shape index (κ1) is 36.7. The second-order valence-electron chi connectivity index (χ2n) is 16.6. The van der Waals surface area contributed by atoms with Crippen molar-refractivity contribution in [2.45, 2.75) is 127 Å². The molecule has 0 saturated heterocycles. The molecule has 2 N–H and O–H groups in total. The summed E-state index contributed by atoms with van der Waals surface area (Å²) in [4.78, 5) is 0. The number of hydrogen-bond donors (Lipinski definition) is 2. The van der Waals surface area contributed by atoms with Gasteiger partial charge in [0, 0.05) is 0 Å². The summed E-state index contributed by atoms with van der Waals surface area (Å²) in [6.45, 7) is 18.0.